The fourth-order valence-electron chi connectivity index (χ4n) is 2.45. The molecule has 0 spiro atoms. The molecule has 2 heterocycles. The molecular formula is C17H20N2O4. The Morgan fingerprint density at radius 1 is 1.17 bits per heavy atom. The lowest BCUT2D eigenvalue weighted by Crippen LogP contribution is -2.45. The van der Waals surface area contributed by atoms with Crippen molar-refractivity contribution in [2.24, 2.45) is 5.92 Å². The predicted octanol–water partition coefficient (Wildman–Crippen LogP) is 1.94. The summed E-state index contributed by atoms with van der Waals surface area (Å²) < 4.78 is 9.39. The minimum Gasteiger partial charge on any atom is -0.465 e. The van der Waals surface area contributed by atoms with Crippen LogP contribution in [0.4, 0.5) is 0 Å². The fourth-order valence-corrected chi connectivity index (χ4v) is 2.45. The van der Waals surface area contributed by atoms with Gasteiger partial charge in [-0.25, -0.2) is 9.59 Å². The Kier molecular flexibility index (Phi) is 4.83. The number of nitrogens with one attached hydrogen (secondary N) is 1. The minimum atomic E-state index is -0.563. The molecule has 0 saturated carbocycles. The van der Waals surface area contributed by atoms with Crippen molar-refractivity contribution in [2.75, 3.05) is 14.2 Å². The molecule has 1 atom stereocenters. The second kappa shape index (κ2) is 6.64. The largest absolute Gasteiger partial charge is 0.465 e. The molecule has 1 aromatic heterocycles. The van der Waals surface area contributed by atoms with Crippen LogP contribution < -0.4 is 5.32 Å². The van der Waals surface area contributed by atoms with Crippen molar-refractivity contribution in [3.05, 3.63) is 53.5 Å². The van der Waals surface area contributed by atoms with E-state index in [-0.39, 0.29) is 5.92 Å². The molecule has 0 aromatic carbocycles. The number of aromatic nitrogens is 1. The molecule has 0 radical (unpaired) electrons. The highest BCUT2D eigenvalue weighted by atomic mass is 16.5. The van der Waals surface area contributed by atoms with E-state index in [9.17, 15) is 9.59 Å². The van der Waals surface area contributed by atoms with Crippen molar-refractivity contribution in [3.8, 4) is 0 Å². The summed E-state index contributed by atoms with van der Waals surface area (Å²) in [6.07, 6.45) is 6.73. The van der Waals surface area contributed by atoms with Crippen molar-refractivity contribution in [2.45, 2.75) is 19.4 Å². The molecule has 23 heavy (non-hydrogen) atoms. The van der Waals surface area contributed by atoms with Gasteiger partial charge < -0.3 is 14.8 Å². The quantitative estimate of drug-likeness (QED) is 0.855. The summed E-state index contributed by atoms with van der Waals surface area (Å²) in [6, 6.07) is 3.45. The molecule has 0 aliphatic carbocycles. The highest BCUT2D eigenvalue weighted by molar-refractivity contribution is 5.91. The highest BCUT2D eigenvalue weighted by Crippen LogP contribution is 2.33. The first-order valence-corrected chi connectivity index (χ1v) is 7.25. The molecule has 1 unspecified atom stereocenters. The van der Waals surface area contributed by atoms with E-state index in [1.807, 2.05) is 19.9 Å². The van der Waals surface area contributed by atoms with Crippen LogP contribution in [0.2, 0.25) is 0 Å². The van der Waals surface area contributed by atoms with Gasteiger partial charge in [-0.05, 0) is 24.1 Å². The number of carbonyl (C=O) groups is 2. The van der Waals surface area contributed by atoms with E-state index in [1.165, 1.54) is 20.4 Å². The maximum absolute atomic E-state index is 11.6. The van der Waals surface area contributed by atoms with Gasteiger partial charge in [0.15, 0.2) is 0 Å². The summed E-state index contributed by atoms with van der Waals surface area (Å²) in [5.41, 5.74) is 1.01. The Morgan fingerprint density at radius 3 is 2.30 bits per heavy atom. The SMILES string of the molecule is COC(=O)C1=CNC(c2ccc(C(=O)OC)cn2)(C(C)C)C=C1. The van der Waals surface area contributed by atoms with Crippen molar-refractivity contribution in [1.29, 1.82) is 0 Å². The molecule has 1 aromatic rings. The first kappa shape index (κ1) is 16.7. The summed E-state index contributed by atoms with van der Waals surface area (Å²) >= 11 is 0. The first-order valence-electron chi connectivity index (χ1n) is 7.25. The summed E-state index contributed by atoms with van der Waals surface area (Å²) in [4.78, 5) is 27.5. The molecule has 1 N–H and O–H groups in total. The number of esters is 2. The highest BCUT2D eigenvalue weighted by Gasteiger charge is 2.36. The monoisotopic (exact) mass is 316 g/mol. The Balaban J connectivity index is 2.34. The van der Waals surface area contributed by atoms with Gasteiger partial charge >= 0.3 is 11.9 Å². The second-order valence-corrected chi connectivity index (χ2v) is 5.52. The summed E-state index contributed by atoms with van der Waals surface area (Å²) in [5.74, 6) is -0.673. The number of rotatable bonds is 4. The van der Waals surface area contributed by atoms with Crippen LogP contribution in [0.25, 0.3) is 0 Å². The van der Waals surface area contributed by atoms with E-state index in [0.29, 0.717) is 11.1 Å². The van der Waals surface area contributed by atoms with Crippen LogP contribution in [-0.2, 0) is 19.8 Å². The van der Waals surface area contributed by atoms with Crippen molar-refractivity contribution < 1.29 is 19.1 Å². The predicted molar refractivity (Wildman–Crippen MR) is 84.5 cm³/mol. The number of hydrogen-bond acceptors (Lipinski definition) is 6. The van der Waals surface area contributed by atoms with Gasteiger partial charge in [-0.2, -0.15) is 0 Å². The normalized spacial score (nSPS) is 19.8. The number of dihydropyridines is 1. The zero-order chi connectivity index (χ0) is 17.0. The molecule has 0 fully saturated rings. The van der Waals surface area contributed by atoms with Gasteiger partial charge in [-0.3, -0.25) is 4.98 Å². The van der Waals surface area contributed by atoms with Crippen LogP contribution >= 0.6 is 0 Å². The third kappa shape index (κ3) is 3.11. The zero-order valence-electron chi connectivity index (χ0n) is 13.6. The van der Waals surface area contributed by atoms with Gasteiger partial charge in [0.25, 0.3) is 0 Å². The summed E-state index contributed by atoms with van der Waals surface area (Å²) in [5, 5.41) is 3.25. The van der Waals surface area contributed by atoms with Crippen molar-refractivity contribution in [1.82, 2.24) is 10.3 Å². The maximum Gasteiger partial charge on any atom is 0.339 e. The smallest absolute Gasteiger partial charge is 0.339 e. The molecule has 122 valence electrons. The molecule has 6 nitrogen and oxygen atoms in total. The van der Waals surface area contributed by atoms with Crippen molar-refractivity contribution >= 4 is 11.9 Å². The van der Waals surface area contributed by atoms with E-state index in [2.05, 4.69) is 15.0 Å². The number of hydrogen-bond donors (Lipinski definition) is 1. The zero-order valence-corrected chi connectivity index (χ0v) is 13.6. The summed E-state index contributed by atoms with van der Waals surface area (Å²) in [7, 11) is 2.67. The van der Waals surface area contributed by atoms with Gasteiger partial charge in [0.05, 0.1) is 31.1 Å². The topological polar surface area (TPSA) is 77.5 Å². The van der Waals surface area contributed by atoms with Gasteiger partial charge in [-0.1, -0.05) is 19.9 Å². The van der Waals surface area contributed by atoms with Gasteiger partial charge in [0.2, 0.25) is 0 Å². The Morgan fingerprint density at radius 2 is 1.87 bits per heavy atom. The van der Waals surface area contributed by atoms with E-state index in [1.54, 1.807) is 24.4 Å². The Hall–Kier alpha value is -2.63. The molecular weight excluding hydrogens is 296 g/mol. The van der Waals surface area contributed by atoms with Crippen LogP contribution in [0, 0.1) is 5.92 Å². The van der Waals surface area contributed by atoms with E-state index < -0.39 is 17.5 Å². The van der Waals surface area contributed by atoms with E-state index in [0.717, 1.165) is 5.69 Å². The summed E-state index contributed by atoms with van der Waals surface area (Å²) in [6.45, 7) is 4.09. The third-order valence-corrected chi connectivity index (χ3v) is 3.93. The molecule has 2 rings (SSSR count). The molecule has 6 heteroatoms. The standard InChI is InChI=1S/C17H20N2O4/c1-11(2)17(8-7-13(10-19-17)16(21)23-4)14-6-5-12(9-18-14)15(20)22-3/h5-11,19H,1-4H3. The Labute approximate surface area is 135 Å². The van der Waals surface area contributed by atoms with Crippen molar-refractivity contribution in [3.63, 3.8) is 0 Å². The lowest BCUT2D eigenvalue weighted by molar-refractivity contribution is -0.135. The third-order valence-electron chi connectivity index (χ3n) is 3.93. The van der Waals surface area contributed by atoms with Crippen LogP contribution in [0.15, 0.2) is 42.3 Å². The second-order valence-electron chi connectivity index (χ2n) is 5.52. The average molecular weight is 316 g/mol. The number of carbonyl (C=O) groups excluding carboxylic acids is 2. The number of pyridine rings is 1. The van der Waals surface area contributed by atoms with Crippen LogP contribution in [-0.4, -0.2) is 31.1 Å². The number of methoxy groups -OCH3 is 2. The fraction of sp³-hybridized carbons (Fsp3) is 0.353. The number of nitrogens with zero attached hydrogens (tertiary/aromatic N) is 1. The lowest BCUT2D eigenvalue weighted by atomic mass is 9.80. The molecule has 0 amide bonds. The van der Waals surface area contributed by atoms with Gasteiger partial charge in [-0.15, -0.1) is 0 Å². The van der Waals surface area contributed by atoms with Gasteiger partial charge in [0.1, 0.15) is 5.54 Å². The molecule has 0 saturated heterocycles. The van der Waals surface area contributed by atoms with Crippen LogP contribution in [0.1, 0.15) is 29.9 Å². The van der Waals surface area contributed by atoms with E-state index in [4.69, 9.17) is 4.74 Å². The lowest BCUT2D eigenvalue weighted by Gasteiger charge is -2.37. The van der Waals surface area contributed by atoms with Crippen LogP contribution in [0.3, 0.4) is 0 Å². The molecule has 1 aliphatic heterocycles. The maximum atomic E-state index is 11.6. The molecule has 0 bridgehead atoms. The van der Waals surface area contributed by atoms with Crippen LogP contribution in [0.5, 0.6) is 0 Å². The van der Waals surface area contributed by atoms with E-state index >= 15 is 0 Å². The minimum absolute atomic E-state index is 0.158. The van der Waals surface area contributed by atoms with Gasteiger partial charge in [0, 0.05) is 12.4 Å². The molecule has 1 aliphatic rings. The average Bonchev–Trinajstić information content (AvgIpc) is 2.60. The number of ether oxygens (including phenoxy) is 2. The first-order chi connectivity index (χ1) is 10.9. The Bertz CT molecular complexity index is 662.